The number of rotatable bonds is 6. The molecule has 0 atom stereocenters. The third-order valence-electron chi connectivity index (χ3n) is 3.14. The molecule has 0 fully saturated rings. The molecule has 1 heterocycles. The van der Waals surface area contributed by atoms with Gasteiger partial charge in [-0.15, -0.1) is 11.6 Å². The second-order valence-electron chi connectivity index (χ2n) is 5.03. The fraction of sp³-hybridized carbons (Fsp3) is 0.467. The third kappa shape index (κ3) is 3.47. The topological polar surface area (TPSA) is 56.2 Å². The Morgan fingerprint density at radius 1 is 1.48 bits per heavy atom. The van der Waals surface area contributed by atoms with Gasteiger partial charge in [0.05, 0.1) is 17.5 Å². The molecule has 2 rings (SSSR count). The van der Waals surface area contributed by atoms with Crippen LogP contribution in [0.2, 0.25) is 0 Å². The molecule has 6 heteroatoms. The number of aromatic nitrogens is 2. The molecule has 0 saturated carbocycles. The number of nitrogens with one attached hydrogen (secondary N) is 1. The summed E-state index contributed by atoms with van der Waals surface area (Å²) in [6.45, 7) is 4.50. The predicted octanol–water partition coefficient (Wildman–Crippen LogP) is 2.70. The van der Waals surface area contributed by atoms with Crippen LogP contribution in [0, 0.1) is 0 Å². The van der Waals surface area contributed by atoms with Gasteiger partial charge in [-0.1, -0.05) is 6.07 Å². The van der Waals surface area contributed by atoms with Gasteiger partial charge in [-0.2, -0.15) is 0 Å². The Morgan fingerprint density at radius 3 is 2.86 bits per heavy atom. The first kappa shape index (κ1) is 15.6. The number of hydrogen-bond acceptors (Lipinski definition) is 3. The van der Waals surface area contributed by atoms with Crippen molar-refractivity contribution in [1.82, 2.24) is 14.9 Å². The number of halogens is 1. The highest BCUT2D eigenvalue weighted by molar-refractivity contribution is 6.16. The van der Waals surface area contributed by atoms with E-state index in [1.807, 2.05) is 36.6 Å². The van der Waals surface area contributed by atoms with E-state index in [0.29, 0.717) is 18.8 Å². The van der Waals surface area contributed by atoms with Crippen LogP contribution < -0.4 is 10.1 Å². The van der Waals surface area contributed by atoms with Gasteiger partial charge in [0, 0.05) is 20.0 Å². The van der Waals surface area contributed by atoms with E-state index >= 15 is 0 Å². The van der Waals surface area contributed by atoms with Gasteiger partial charge in [0.2, 0.25) is 5.91 Å². The number of amides is 1. The molecule has 1 amide bonds. The molecule has 1 aromatic carbocycles. The van der Waals surface area contributed by atoms with Crippen molar-refractivity contribution in [2.45, 2.75) is 38.8 Å². The monoisotopic (exact) mass is 309 g/mol. The number of aryl methyl sites for hydroxylation is 1. The second-order valence-corrected chi connectivity index (χ2v) is 5.29. The number of fused-ring (bicyclic) bond motifs is 1. The summed E-state index contributed by atoms with van der Waals surface area (Å²) in [5.74, 6) is 1.78. The summed E-state index contributed by atoms with van der Waals surface area (Å²) in [7, 11) is 1.63. The molecule has 114 valence electrons. The van der Waals surface area contributed by atoms with E-state index in [9.17, 15) is 4.79 Å². The molecule has 2 aromatic rings. The first-order valence-electron chi connectivity index (χ1n) is 6.98. The van der Waals surface area contributed by atoms with Gasteiger partial charge in [0.25, 0.3) is 0 Å². The molecule has 0 radical (unpaired) electrons. The van der Waals surface area contributed by atoms with E-state index in [0.717, 1.165) is 22.6 Å². The maximum Gasteiger partial charge on any atom is 0.221 e. The Labute approximate surface area is 129 Å². The Kier molecular flexibility index (Phi) is 5.07. The van der Waals surface area contributed by atoms with Crippen molar-refractivity contribution in [3.8, 4) is 5.75 Å². The van der Waals surface area contributed by atoms with Crippen molar-refractivity contribution in [2.24, 2.45) is 0 Å². The van der Waals surface area contributed by atoms with Crippen LogP contribution in [-0.4, -0.2) is 28.6 Å². The highest BCUT2D eigenvalue weighted by atomic mass is 35.5. The minimum Gasteiger partial charge on any atom is -0.489 e. The number of imidazole rings is 1. The van der Waals surface area contributed by atoms with Crippen LogP contribution in [0.4, 0.5) is 0 Å². The van der Waals surface area contributed by atoms with E-state index in [4.69, 9.17) is 16.3 Å². The van der Waals surface area contributed by atoms with E-state index in [2.05, 4.69) is 10.3 Å². The van der Waals surface area contributed by atoms with Crippen LogP contribution in [0.15, 0.2) is 18.2 Å². The quantitative estimate of drug-likeness (QED) is 0.835. The molecule has 1 aromatic heterocycles. The number of alkyl halides is 1. The Hall–Kier alpha value is -1.75. The summed E-state index contributed by atoms with van der Waals surface area (Å²) in [5, 5.41) is 2.62. The Balaban J connectivity index is 2.41. The van der Waals surface area contributed by atoms with Gasteiger partial charge in [-0.25, -0.2) is 4.98 Å². The normalized spacial score (nSPS) is 11.1. The molecule has 5 nitrogen and oxygen atoms in total. The lowest BCUT2D eigenvalue weighted by Gasteiger charge is -2.10. The standard InChI is InChI=1S/C15H20ClN3O2/c1-10(2)21-12-6-4-5-11-15(12)18-13(9-16)19(11)8-7-14(20)17-3/h4-6,10H,7-9H2,1-3H3,(H,17,20). The van der Waals surface area contributed by atoms with Gasteiger partial charge in [-0.3, -0.25) is 4.79 Å². The number of hydrogen-bond donors (Lipinski definition) is 1. The van der Waals surface area contributed by atoms with Crippen molar-refractivity contribution < 1.29 is 9.53 Å². The van der Waals surface area contributed by atoms with Crippen molar-refractivity contribution in [1.29, 1.82) is 0 Å². The van der Waals surface area contributed by atoms with Crippen LogP contribution in [0.3, 0.4) is 0 Å². The maximum atomic E-state index is 11.5. The third-order valence-corrected chi connectivity index (χ3v) is 3.38. The van der Waals surface area contributed by atoms with Crippen molar-refractivity contribution in [2.75, 3.05) is 7.05 Å². The van der Waals surface area contributed by atoms with E-state index in [1.165, 1.54) is 0 Å². The summed E-state index contributed by atoms with van der Waals surface area (Å²) in [6, 6.07) is 5.79. The zero-order valence-electron chi connectivity index (χ0n) is 12.5. The highest BCUT2D eigenvalue weighted by Gasteiger charge is 2.15. The minimum absolute atomic E-state index is 0.00745. The molecule has 0 bridgehead atoms. The fourth-order valence-corrected chi connectivity index (χ4v) is 2.41. The maximum absolute atomic E-state index is 11.5. The number of carbonyl (C=O) groups is 1. The molecule has 0 aliphatic rings. The number of carbonyl (C=O) groups excluding carboxylic acids is 1. The van der Waals surface area contributed by atoms with Crippen molar-refractivity contribution >= 4 is 28.5 Å². The van der Waals surface area contributed by atoms with E-state index in [1.54, 1.807) is 7.05 Å². The van der Waals surface area contributed by atoms with Crippen molar-refractivity contribution in [3.63, 3.8) is 0 Å². The zero-order chi connectivity index (χ0) is 15.4. The van der Waals surface area contributed by atoms with Gasteiger partial charge in [0.15, 0.2) is 0 Å². The van der Waals surface area contributed by atoms with Crippen LogP contribution in [0.1, 0.15) is 26.1 Å². The summed E-state index contributed by atoms with van der Waals surface area (Å²) < 4.78 is 7.77. The number of nitrogens with zero attached hydrogens (tertiary/aromatic N) is 2. The van der Waals surface area contributed by atoms with Crippen LogP contribution in [0.5, 0.6) is 5.75 Å². The molecular formula is C15H20ClN3O2. The van der Waals surface area contributed by atoms with Crippen molar-refractivity contribution in [3.05, 3.63) is 24.0 Å². The molecule has 0 spiro atoms. The molecule has 0 aliphatic heterocycles. The predicted molar refractivity (Wildman–Crippen MR) is 83.7 cm³/mol. The van der Waals surface area contributed by atoms with Crippen LogP contribution in [0.25, 0.3) is 11.0 Å². The van der Waals surface area contributed by atoms with Crippen LogP contribution in [-0.2, 0) is 17.2 Å². The Morgan fingerprint density at radius 2 is 2.24 bits per heavy atom. The smallest absolute Gasteiger partial charge is 0.221 e. The Bertz CT molecular complexity index is 637. The molecular weight excluding hydrogens is 290 g/mol. The lowest BCUT2D eigenvalue weighted by Crippen LogP contribution is -2.20. The second kappa shape index (κ2) is 6.80. The minimum atomic E-state index is -0.00745. The van der Waals surface area contributed by atoms with Gasteiger partial charge in [-0.05, 0) is 26.0 Å². The SMILES string of the molecule is CNC(=O)CCn1c(CCl)nc2c(OC(C)C)cccc21. The van der Waals surface area contributed by atoms with Crippen LogP contribution >= 0.6 is 11.6 Å². The average molecular weight is 310 g/mol. The summed E-state index contributed by atoms with van der Waals surface area (Å²) in [4.78, 5) is 16.0. The first-order chi connectivity index (χ1) is 10.1. The summed E-state index contributed by atoms with van der Waals surface area (Å²) >= 11 is 5.99. The van der Waals surface area contributed by atoms with Gasteiger partial charge >= 0.3 is 0 Å². The number of para-hydroxylation sites is 1. The molecule has 1 N–H and O–H groups in total. The largest absolute Gasteiger partial charge is 0.489 e. The number of benzene rings is 1. The highest BCUT2D eigenvalue weighted by Crippen LogP contribution is 2.27. The lowest BCUT2D eigenvalue weighted by atomic mass is 10.2. The number of ether oxygens (including phenoxy) is 1. The molecule has 0 aliphatic carbocycles. The first-order valence-corrected chi connectivity index (χ1v) is 7.51. The summed E-state index contributed by atoms with van der Waals surface area (Å²) in [6.07, 6.45) is 0.465. The van der Waals surface area contributed by atoms with E-state index < -0.39 is 0 Å². The molecule has 0 saturated heterocycles. The molecule has 21 heavy (non-hydrogen) atoms. The van der Waals surface area contributed by atoms with E-state index in [-0.39, 0.29) is 12.0 Å². The average Bonchev–Trinajstić information content (AvgIpc) is 2.83. The van der Waals surface area contributed by atoms with Gasteiger partial charge in [0.1, 0.15) is 17.1 Å². The lowest BCUT2D eigenvalue weighted by molar-refractivity contribution is -0.120. The summed E-state index contributed by atoms with van der Waals surface area (Å²) in [5.41, 5.74) is 1.73. The fourth-order valence-electron chi connectivity index (χ4n) is 2.21. The molecule has 0 unspecified atom stereocenters. The van der Waals surface area contributed by atoms with Gasteiger partial charge < -0.3 is 14.6 Å². The zero-order valence-corrected chi connectivity index (χ0v) is 13.3.